The summed E-state index contributed by atoms with van der Waals surface area (Å²) in [4.78, 5) is 31.2. The maximum Gasteiger partial charge on any atom is 0.267 e. The van der Waals surface area contributed by atoms with Crippen LogP contribution in [-0.2, 0) is 13.0 Å². The molecule has 2 N–H and O–H groups in total. The zero-order chi connectivity index (χ0) is 23.7. The monoisotopic (exact) mass is 469 g/mol. The lowest BCUT2D eigenvalue weighted by Gasteiger charge is -2.15. The van der Waals surface area contributed by atoms with Crippen LogP contribution >= 0.6 is 11.6 Å². The Balaban J connectivity index is 1.68. The molecule has 0 spiro atoms. The molecule has 0 radical (unpaired) electrons. The third-order valence-electron chi connectivity index (χ3n) is 5.65. The smallest absolute Gasteiger partial charge is 0.267 e. The van der Waals surface area contributed by atoms with Crippen molar-refractivity contribution in [3.05, 3.63) is 117 Å². The van der Waals surface area contributed by atoms with Gasteiger partial charge in [-0.15, -0.1) is 0 Å². The first-order valence-corrected chi connectivity index (χ1v) is 11.1. The summed E-state index contributed by atoms with van der Waals surface area (Å²) >= 11 is 6.20. The fourth-order valence-electron chi connectivity index (χ4n) is 3.92. The van der Waals surface area contributed by atoms with Gasteiger partial charge in [0.2, 0.25) is 0 Å². The van der Waals surface area contributed by atoms with Crippen molar-refractivity contribution in [3.8, 4) is 0 Å². The van der Waals surface area contributed by atoms with E-state index >= 15 is 0 Å². The molecule has 3 aromatic heterocycles. The molecule has 5 aromatic rings. The number of hydrogen-bond acceptors (Lipinski definition) is 4. The quantitative estimate of drug-likeness (QED) is 0.376. The van der Waals surface area contributed by atoms with Gasteiger partial charge in [-0.2, -0.15) is 0 Å². The van der Waals surface area contributed by atoms with Gasteiger partial charge in [-0.3, -0.25) is 19.4 Å². The molecular weight excluding hydrogens is 450 g/mol. The van der Waals surface area contributed by atoms with Gasteiger partial charge in [0, 0.05) is 12.7 Å². The summed E-state index contributed by atoms with van der Waals surface area (Å²) in [7, 11) is 0. The second-order valence-corrected chi connectivity index (χ2v) is 8.22. The number of hydrogen-bond donors (Lipinski definition) is 2. The second-order valence-electron chi connectivity index (χ2n) is 7.81. The van der Waals surface area contributed by atoms with Gasteiger partial charge in [0.15, 0.2) is 0 Å². The van der Waals surface area contributed by atoms with Gasteiger partial charge in [0.1, 0.15) is 16.8 Å². The molecule has 0 aliphatic rings. The highest BCUT2D eigenvalue weighted by atomic mass is 35.5. The average Bonchev–Trinajstić information content (AvgIpc) is 2.85. The number of halogens is 1. The lowest BCUT2D eigenvalue weighted by atomic mass is 10.1. The minimum atomic E-state index is -0.522. The van der Waals surface area contributed by atoms with E-state index in [-0.39, 0.29) is 22.0 Å². The van der Waals surface area contributed by atoms with Crippen molar-refractivity contribution in [3.63, 3.8) is 0 Å². The fraction of sp³-hybridized carbons (Fsp3) is 0.0769. The molecule has 0 bridgehead atoms. The van der Waals surface area contributed by atoms with E-state index in [4.69, 9.17) is 17.0 Å². The molecule has 0 saturated carbocycles. The standard InChI is InChI=1S/C26H20ClN5O2/c27-20-10-4-5-11-21(20)29-25(33)18-16-19-24(30-22-12-6-7-14-31(22)26(19)34)32(23(18)28)15-13-17-8-2-1-3-9-17/h1-12,14,16,28H,13,15H2,(H,29,33). The van der Waals surface area contributed by atoms with E-state index < -0.39 is 5.91 Å². The van der Waals surface area contributed by atoms with Gasteiger partial charge >= 0.3 is 0 Å². The minimum absolute atomic E-state index is 0.0276. The summed E-state index contributed by atoms with van der Waals surface area (Å²) in [6.45, 7) is 0.377. The fourth-order valence-corrected chi connectivity index (χ4v) is 4.10. The van der Waals surface area contributed by atoms with Crippen LogP contribution in [0.5, 0.6) is 0 Å². The molecule has 0 aliphatic heterocycles. The SMILES string of the molecule is N=c1c(C(=O)Nc2ccccc2Cl)cc2c(=O)n3ccccc3nc2n1CCc1ccccc1. The maximum atomic E-state index is 13.3. The second kappa shape index (κ2) is 8.96. The summed E-state index contributed by atoms with van der Waals surface area (Å²) in [5.41, 5.74) is 2.08. The van der Waals surface area contributed by atoms with Gasteiger partial charge in [-0.1, -0.05) is 60.1 Å². The molecule has 8 heteroatoms. The first kappa shape index (κ1) is 21.6. The first-order chi connectivity index (χ1) is 16.5. The van der Waals surface area contributed by atoms with Crippen LogP contribution in [0.4, 0.5) is 5.69 Å². The molecule has 5 rings (SSSR count). The van der Waals surface area contributed by atoms with E-state index in [1.54, 1.807) is 53.2 Å². The van der Waals surface area contributed by atoms with Gasteiger partial charge < -0.3 is 9.88 Å². The van der Waals surface area contributed by atoms with Crippen LogP contribution in [0, 0.1) is 5.41 Å². The molecule has 1 amide bonds. The Labute approximate surface area is 199 Å². The van der Waals surface area contributed by atoms with E-state index in [9.17, 15) is 9.59 Å². The van der Waals surface area contributed by atoms with E-state index in [1.165, 1.54) is 10.5 Å². The third kappa shape index (κ3) is 3.97. The molecule has 0 unspecified atom stereocenters. The Kier molecular flexibility index (Phi) is 5.69. The number of nitrogens with one attached hydrogen (secondary N) is 2. The van der Waals surface area contributed by atoms with Crippen LogP contribution < -0.4 is 16.4 Å². The number of anilines is 1. The van der Waals surface area contributed by atoms with Crippen molar-refractivity contribution in [2.24, 2.45) is 0 Å². The molecule has 168 valence electrons. The predicted octanol–water partition coefficient (Wildman–Crippen LogP) is 4.28. The van der Waals surface area contributed by atoms with Crippen LogP contribution in [0.3, 0.4) is 0 Å². The summed E-state index contributed by atoms with van der Waals surface area (Å²) < 4.78 is 3.06. The molecule has 0 atom stereocenters. The Morgan fingerprint density at radius 3 is 2.53 bits per heavy atom. The number of nitrogens with zero attached hydrogens (tertiary/aromatic N) is 3. The number of para-hydroxylation sites is 1. The average molecular weight is 470 g/mol. The van der Waals surface area contributed by atoms with E-state index in [2.05, 4.69) is 10.3 Å². The highest BCUT2D eigenvalue weighted by molar-refractivity contribution is 6.33. The molecular formula is C26H20ClN5O2. The van der Waals surface area contributed by atoms with E-state index in [0.29, 0.717) is 35.0 Å². The van der Waals surface area contributed by atoms with E-state index in [1.807, 2.05) is 30.3 Å². The molecule has 2 aromatic carbocycles. The summed E-state index contributed by atoms with van der Waals surface area (Å²) in [6, 6.07) is 23.4. The largest absolute Gasteiger partial charge is 0.321 e. The van der Waals surface area contributed by atoms with Crippen molar-refractivity contribution >= 4 is 39.9 Å². The maximum absolute atomic E-state index is 13.3. The minimum Gasteiger partial charge on any atom is -0.321 e. The summed E-state index contributed by atoms with van der Waals surface area (Å²) in [5, 5.41) is 12.2. The molecule has 0 saturated heterocycles. The Bertz CT molecular complexity index is 1660. The molecule has 0 fully saturated rings. The zero-order valence-corrected chi connectivity index (χ0v) is 18.8. The van der Waals surface area contributed by atoms with Crippen LogP contribution in [0.2, 0.25) is 5.02 Å². The van der Waals surface area contributed by atoms with Gasteiger partial charge in [0.25, 0.3) is 11.5 Å². The Hall–Kier alpha value is -4.23. The van der Waals surface area contributed by atoms with Crippen molar-refractivity contribution in [2.75, 3.05) is 5.32 Å². The highest BCUT2D eigenvalue weighted by Crippen LogP contribution is 2.21. The normalized spacial score (nSPS) is 11.1. The van der Waals surface area contributed by atoms with Crippen molar-refractivity contribution < 1.29 is 4.79 Å². The molecule has 7 nitrogen and oxygen atoms in total. The molecule has 0 aliphatic carbocycles. The topological polar surface area (TPSA) is 92.2 Å². The number of aromatic nitrogens is 3. The number of rotatable bonds is 5. The number of benzene rings is 2. The number of pyridine rings is 2. The molecule has 3 heterocycles. The van der Waals surface area contributed by atoms with Crippen molar-refractivity contribution in [1.29, 1.82) is 5.41 Å². The Morgan fingerprint density at radius 1 is 1.00 bits per heavy atom. The predicted molar refractivity (Wildman–Crippen MR) is 132 cm³/mol. The Morgan fingerprint density at radius 2 is 1.74 bits per heavy atom. The number of fused-ring (bicyclic) bond motifs is 2. The number of aryl methyl sites for hydroxylation is 2. The van der Waals surface area contributed by atoms with Crippen molar-refractivity contribution in [2.45, 2.75) is 13.0 Å². The first-order valence-electron chi connectivity index (χ1n) is 10.7. The van der Waals surface area contributed by atoms with Gasteiger partial charge in [-0.25, -0.2) is 4.98 Å². The molecule has 34 heavy (non-hydrogen) atoms. The number of carbonyl (C=O) groups is 1. The highest BCUT2D eigenvalue weighted by Gasteiger charge is 2.18. The van der Waals surface area contributed by atoms with E-state index in [0.717, 1.165) is 5.56 Å². The lowest BCUT2D eigenvalue weighted by molar-refractivity contribution is 0.102. The van der Waals surface area contributed by atoms with Crippen LogP contribution in [-0.4, -0.2) is 19.9 Å². The van der Waals surface area contributed by atoms with Crippen LogP contribution in [0.25, 0.3) is 16.7 Å². The van der Waals surface area contributed by atoms with Crippen LogP contribution in [0.1, 0.15) is 15.9 Å². The summed E-state index contributed by atoms with van der Waals surface area (Å²) in [6.07, 6.45) is 2.24. The summed E-state index contributed by atoms with van der Waals surface area (Å²) in [5.74, 6) is -0.522. The van der Waals surface area contributed by atoms with Crippen molar-refractivity contribution in [1.82, 2.24) is 14.0 Å². The van der Waals surface area contributed by atoms with Gasteiger partial charge in [0.05, 0.1) is 21.7 Å². The number of amides is 1. The third-order valence-corrected chi connectivity index (χ3v) is 5.98. The van der Waals surface area contributed by atoms with Gasteiger partial charge in [-0.05, 0) is 42.3 Å². The zero-order valence-electron chi connectivity index (χ0n) is 18.0. The number of carbonyl (C=O) groups excluding carboxylic acids is 1. The lowest BCUT2D eigenvalue weighted by Crippen LogP contribution is -2.32. The van der Waals surface area contributed by atoms with Crippen LogP contribution in [0.15, 0.2) is 89.9 Å².